The predicted molar refractivity (Wildman–Crippen MR) is 129 cm³/mol. The molecule has 0 nitrogen and oxygen atoms in total. The molecule has 0 fully saturated rings. The molecule has 4 rings (SSSR count). The molecule has 2 heteroatoms. The van der Waals surface area contributed by atoms with E-state index in [1.807, 2.05) is 11.8 Å². The molecule has 0 amide bonds. The number of hydrogen-bond donors (Lipinski definition) is 0. The second kappa shape index (κ2) is 9.05. The van der Waals surface area contributed by atoms with Crippen molar-refractivity contribution in [3.05, 3.63) is 114 Å². The van der Waals surface area contributed by atoms with Crippen molar-refractivity contribution in [1.29, 1.82) is 0 Å². The molecule has 0 N–H and O–H groups in total. The van der Waals surface area contributed by atoms with E-state index in [2.05, 4.69) is 118 Å². The average Bonchev–Trinajstić information content (AvgIpc) is 2.74. The molecule has 145 valence electrons. The third-order valence-electron chi connectivity index (χ3n) is 4.83. The Morgan fingerprint density at radius 1 is 0.414 bits per heavy atom. The van der Waals surface area contributed by atoms with Crippen LogP contribution in [-0.2, 0) is 0 Å². The van der Waals surface area contributed by atoms with Crippen LogP contribution < -0.4 is 13.4 Å². The van der Waals surface area contributed by atoms with Gasteiger partial charge >= 0.3 is 183 Å². The topological polar surface area (TPSA) is 0 Å². The minimum absolute atomic E-state index is 1.29. The molecule has 1 radical (unpaired) electrons. The molecule has 0 unspecified atom stereocenters. The number of hydrogen-bond acceptors (Lipinski definition) is 1. The van der Waals surface area contributed by atoms with Gasteiger partial charge in [0.2, 0.25) is 0 Å². The second-order valence-corrected chi connectivity index (χ2v) is 12.7. The molecule has 0 atom stereocenters. The van der Waals surface area contributed by atoms with Crippen LogP contribution >= 0.6 is 11.8 Å². The van der Waals surface area contributed by atoms with Gasteiger partial charge in [-0.2, -0.15) is 0 Å². The van der Waals surface area contributed by atoms with E-state index >= 15 is 0 Å². The van der Waals surface area contributed by atoms with Crippen LogP contribution in [0, 0.1) is 20.8 Å². The normalized spacial score (nSPS) is 11.0. The molecule has 0 heterocycles. The summed E-state index contributed by atoms with van der Waals surface area (Å²) >= 11 is 0.526. The Balaban J connectivity index is 1.66. The molecule has 0 aliphatic rings. The van der Waals surface area contributed by atoms with Gasteiger partial charge in [0.15, 0.2) is 0 Å². The summed E-state index contributed by atoms with van der Waals surface area (Å²) in [6.07, 6.45) is 0. The van der Waals surface area contributed by atoms with Gasteiger partial charge in [-0.3, -0.25) is 0 Å². The van der Waals surface area contributed by atoms with Crippen LogP contribution in [0.2, 0.25) is 0 Å². The van der Waals surface area contributed by atoms with Crippen molar-refractivity contribution in [3.63, 3.8) is 0 Å². The Morgan fingerprint density at radius 2 is 0.690 bits per heavy atom. The van der Waals surface area contributed by atoms with Crippen LogP contribution in [0.4, 0.5) is 0 Å². The molecule has 0 aromatic heterocycles. The summed E-state index contributed by atoms with van der Waals surface area (Å²) in [5.41, 5.74) is 3.93. The van der Waals surface area contributed by atoms with Crippen LogP contribution in [-0.4, -0.2) is 13.9 Å². The Bertz CT molecular complexity index is 1020. The Labute approximate surface area is 182 Å². The van der Waals surface area contributed by atoms with Crippen LogP contribution in [0.3, 0.4) is 0 Å². The van der Waals surface area contributed by atoms with Gasteiger partial charge in [-0.15, -0.1) is 0 Å². The van der Waals surface area contributed by atoms with E-state index in [0.717, 1.165) is 0 Å². The fraction of sp³-hybridized carbons (Fsp3) is 0.111. The van der Waals surface area contributed by atoms with Gasteiger partial charge in [0.1, 0.15) is 0 Å². The van der Waals surface area contributed by atoms with Crippen LogP contribution in [0.5, 0.6) is 0 Å². The minimum atomic E-state index is -1.30. The Kier molecular flexibility index (Phi) is 6.25. The van der Waals surface area contributed by atoms with Crippen molar-refractivity contribution in [2.45, 2.75) is 30.6 Å². The fourth-order valence-corrected chi connectivity index (χ4v) is 8.24. The molecule has 0 bridgehead atoms. The SMILES string of the molecule is Cc1ccc(Sc2ccc([Se](c3ccc(C)cc3)c3ccc(C)cc3)cc2)cc1. The summed E-state index contributed by atoms with van der Waals surface area (Å²) in [5.74, 6) is 0. The molecule has 4 aromatic carbocycles. The van der Waals surface area contributed by atoms with Gasteiger partial charge in [0, 0.05) is 0 Å². The average molecular weight is 461 g/mol. The van der Waals surface area contributed by atoms with Crippen molar-refractivity contribution in [1.82, 2.24) is 0 Å². The van der Waals surface area contributed by atoms with Crippen molar-refractivity contribution in [2.24, 2.45) is 0 Å². The van der Waals surface area contributed by atoms with E-state index in [4.69, 9.17) is 0 Å². The molecule has 0 saturated carbocycles. The summed E-state index contributed by atoms with van der Waals surface area (Å²) in [6, 6.07) is 36.2. The zero-order valence-electron chi connectivity index (χ0n) is 17.1. The first kappa shape index (κ1) is 20.0. The first-order valence-corrected chi connectivity index (χ1v) is 13.2. The first-order chi connectivity index (χ1) is 14.1. The summed E-state index contributed by atoms with van der Waals surface area (Å²) in [5, 5.41) is 0. The molecule has 0 aliphatic heterocycles. The number of benzene rings is 4. The van der Waals surface area contributed by atoms with Gasteiger partial charge in [-0.1, -0.05) is 0 Å². The van der Waals surface area contributed by atoms with Gasteiger partial charge in [0.05, 0.1) is 0 Å². The third kappa shape index (κ3) is 5.03. The van der Waals surface area contributed by atoms with Gasteiger partial charge < -0.3 is 0 Å². The molecule has 0 aliphatic carbocycles. The third-order valence-corrected chi connectivity index (χ3v) is 10.5. The molecule has 4 aromatic rings. The van der Waals surface area contributed by atoms with Crippen molar-refractivity contribution in [3.8, 4) is 0 Å². The van der Waals surface area contributed by atoms with E-state index in [0.29, 0.717) is 0 Å². The zero-order chi connectivity index (χ0) is 20.2. The predicted octanol–water partition coefficient (Wildman–Crippen LogP) is 5.28. The van der Waals surface area contributed by atoms with Crippen LogP contribution in [0.1, 0.15) is 16.7 Å². The van der Waals surface area contributed by atoms with E-state index in [1.54, 1.807) is 0 Å². The van der Waals surface area contributed by atoms with Crippen LogP contribution in [0.15, 0.2) is 107 Å². The van der Waals surface area contributed by atoms with Crippen molar-refractivity contribution in [2.75, 3.05) is 0 Å². The maximum atomic E-state index is 2.33. The Morgan fingerprint density at radius 3 is 1.07 bits per heavy atom. The molecule has 29 heavy (non-hydrogen) atoms. The maximum absolute atomic E-state index is 2.33. The van der Waals surface area contributed by atoms with E-state index in [1.165, 1.54) is 39.9 Å². The summed E-state index contributed by atoms with van der Waals surface area (Å²) in [4.78, 5) is 2.57. The van der Waals surface area contributed by atoms with E-state index in [9.17, 15) is 0 Å². The molecule has 0 spiro atoms. The van der Waals surface area contributed by atoms with Gasteiger partial charge in [0.25, 0.3) is 0 Å². The Hall–Kier alpha value is -2.25. The van der Waals surface area contributed by atoms with Crippen molar-refractivity contribution >= 4 is 39.0 Å². The summed E-state index contributed by atoms with van der Waals surface area (Å²) < 4.78 is 4.36. The first-order valence-electron chi connectivity index (χ1n) is 9.81. The van der Waals surface area contributed by atoms with Gasteiger partial charge in [-0.25, -0.2) is 0 Å². The zero-order valence-corrected chi connectivity index (χ0v) is 19.6. The quantitative estimate of drug-likeness (QED) is 0.365. The number of aryl methyl sites for hydroxylation is 3. The van der Waals surface area contributed by atoms with E-state index < -0.39 is 13.9 Å². The van der Waals surface area contributed by atoms with Crippen LogP contribution in [0.25, 0.3) is 0 Å². The van der Waals surface area contributed by atoms with Crippen molar-refractivity contribution < 1.29 is 0 Å². The molecular formula is C27H25SSe. The fourth-order valence-electron chi connectivity index (χ4n) is 3.14. The summed E-state index contributed by atoms with van der Waals surface area (Å²) in [7, 11) is 0. The van der Waals surface area contributed by atoms with Gasteiger partial charge in [-0.05, 0) is 0 Å². The molecule has 0 saturated heterocycles. The monoisotopic (exact) mass is 461 g/mol. The second-order valence-electron chi connectivity index (χ2n) is 7.32. The standard InChI is InChI=1S/C27H25SSe/c1-20-4-10-23(11-5-20)28-24-12-18-27(19-13-24)29(25-14-6-21(2)7-15-25)26-16-8-22(3)9-17-26/h4-19H,1-3H3. The van der Waals surface area contributed by atoms with E-state index in [-0.39, 0.29) is 0 Å². The summed E-state index contributed by atoms with van der Waals surface area (Å²) in [6.45, 7) is 6.44. The number of rotatable bonds is 5. The molecular weight excluding hydrogens is 435 g/mol.